The average Bonchev–Trinajstić information content (AvgIpc) is 2.70. The van der Waals surface area contributed by atoms with Crippen LogP contribution >= 0.6 is 0 Å². The summed E-state index contributed by atoms with van der Waals surface area (Å²) in [6, 6.07) is 10.3. The van der Waals surface area contributed by atoms with E-state index in [1.54, 1.807) is 19.1 Å². The molecule has 5 nitrogen and oxygen atoms in total. The van der Waals surface area contributed by atoms with Gasteiger partial charge in [-0.1, -0.05) is 26.0 Å². The molecule has 0 bridgehead atoms. The Kier molecular flexibility index (Phi) is 8.12. The van der Waals surface area contributed by atoms with Gasteiger partial charge in [0.05, 0.1) is 0 Å². The molecule has 0 unspecified atom stereocenters. The molecular formula is C22H26F2N2O3. The van der Waals surface area contributed by atoms with Gasteiger partial charge in [0.2, 0.25) is 5.91 Å². The third-order valence-electron chi connectivity index (χ3n) is 4.29. The number of benzene rings is 2. The van der Waals surface area contributed by atoms with E-state index in [0.717, 1.165) is 0 Å². The maximum Gasteiger partial charge on any atom is 0.261 e. The van der Waals surface area contributed by atoms with E-state index in [9.17, 15) is 18.4 Å². The van der Waals surface area contributed by atoms with Crippen molar-refractivity contribution in [3.8, 4) is 5.75 Å². The van der Waals surface area contributed by atoms with Crippen molar-refractivity contribution in [3.05, 3.63) is 65.7 Å². The Bertz CT molecular complexity index is 808. The van der Waals surface area contributed by atoms with Gasteiger partial charge in [0.25, 0.3) is 5.91 Å². The highest BCUT2D eigenvalue weighted by molar-refractivity contribution is 5.87. The first-order chi connectivity index (χ1) is 13.8. The van der Waals surface area contributed by atoms with Crippen LogP contribution in [0.1, 0.15) is 26.3 Å². The van der Waals surface area contributed by atoms with Gasteiger partial charge in [0.1, 0.15) is 23.4 Å². The van der Waals surface area contributed by atoms with E-state index in [1.807, 2.05) is 13.8 Å². The molecule has 2 amide bonds. The van der Waals surface area contributed by atoms with Crippen LogP contribution in [0.2, 0.25) is 0 Å². The highest BCUT2D eigenvalue weighted by Crippen LogP contribution is 2.14. The summed E-state index contributed by atoms with van der Waals surface area (Å²) in [7, 11) is 0. The molecule has 1 N–H and O–H groups in total. The van der Waals surface area contributed by atoms with Crippen molar-refractivity contribution in [2.45, 2.75) is 33.4 Å². The summed E-state index contributed by atoms with van der Waals surface area (Å²) >= 11 is 0. The van der Waals surface area contributed by atoms with Crippen molar-refractivity contribution in [2.24, 2.45) is 5.92 Å². The van der Waals surface area contributed by atoms with Gasteiger partial charge >= 0.3 is 0 Å². The number of nitrogens with one attached hydrogen (secondary N) is 1. The number of hydrogen-bond acceptors (Lipinski definition) is 3. The Morgan fingerprint density at radius 3 is 2.07 bits per heavy atom. The average molecular weight is 404 g/mol. The molecule has 0 saturated carbocycles. The molecule has 156 valence electrons. The minimum absolute atomic E-state index is 0.127. The highest BCUT2D eigenvalue weighted by Gasteiger charge is 2.26. The lowest BCUT2D eigenvalue weighted by molar-refractivity contribution is -0.142. The molecule has 1 atom stereocenters. The van der Waals surface area contributed by atoms with Crippen molar-refractivity contribution in [1.82, 2.24) is 10.2 Å². The fourth-order valence-corrected chi connectivity index (χ4v) is 2.58. The van der Waals surface area contributed by atoms with E-state index < -0.39 is 17.8 Å². The third-order valence-corrected chi connectivity index (χ3v) is 4.29. The largest absolute Gasteiger partial charge is 0.484 e. The molecule has 2 aromatic rings. The normalized spacial score (nSPS) is 11.8. The first-order valence-corrected chi connectivity index (χ1v) is 9.46. The lowest BCUT2D eigenvalue weighted by Crippen LogP contribution is -2.49. The van der Waals surface area contributed by atoms with Crippen LogP contribution in [-0.4, -0.2) is 35.9 Å². The minimum Gasteiger partial charge on any atom is -0.484 e. The fraction of sp³-hybridized carbons (Fsp3) is 0.364. The molecule has 0 aliphatic heterocycles. The molecule has 0 aliphatic rings. The number of nitrogens with zero attached hydrogens (tertiary/aromatic N) is 1. The molecule has 29 heavy (non-hydrogen) atoms. The monoisotopic (exact) mass is 404 g/mol. The van der Waals surface area contributed by atoms with E-state index >= 15 is 0 Å². The summed E-state index contributed by atoms with van der Waals surface area (Å²) in [5.41, 5.74) is 0.685. The third kappa shape index (κ3) is 7.18. The molecule has 0 fully saturated rings. The maximum absolute atomic E-state index is 13.2. The van der Waals surface area contributed by atoms with Crippen LogP contribution in [0, 0.1) is 17.6 Å². The summed E-state index contributed by atoms with van der Waals surface area (Å²) in [4.78, 5) is 26.7. The van der Waals surface area contributed by atoms with Crippen LogP contribution in [0.3, 0.4) is 0 Å². The second kappa shape index (κ2) is 10.5. The van der Waals surface area contributed by atoms with E-state index in [1.165, 1.54) is 41.3 Å². The number of ether oxygens (including phenoxy) is 1. The van der Waals surface area contributed by atoms with Crippen LogP contribution in [0.25, 0.3) is 0 Å². The number of hydrogen-bond donors (Lipinski definition) is 1. The van der Waals surface area contributed by atoms with Crippen LogP contribution in [0.5, 0.6) is 5.75 Å². The summed E-state index contributed by atoms with van der Waals surface area (Å²) in [6.07, 6.45) is 0. The summed E-state index contributed by atoms with van der Waals surface area (Å²) in [5, 5.41) is 2.82. The molecule has 0 aliphatic carbocycles. The van der Waals surface area contributed by atoms with Gasteiger partial charge in [0, 0.05) is 13.1 Å². The molecule has 2 aromatic carbocycles. The van der Waals surface area contributed by atoms with Crippen LogP contribution in [-0.2, 0) is 16.1 Å². The summed E-state index contributed by atoms with van der Waals surface area (Å²) in [5.74, 6) is -0.861. The smallest absolute Gasteiger partial charge is 0.261 e. The Morgan fingerprint density at radius 2 is 1.52 bits per heavy atom. The number of carbonyl (C=O) groups excluding carboxylic acids is 2. The molecule has 7 heteroatoms. The van der Waals surface area contributed by atoms with E-state index in [4.69, 9.17) is 4.74 Å². The maximum atomic E-state index is 13.2. The molecule has 0 spiro atoms. The van der Waals surface area contributed by atoms with Crippen molar-refractivity contribution < 1.29 is 23.1 Å². The summed E-state index contributed by atoms with van der Waals surface area (Å²) < 4.78 is 31.6. The van der Waals surface area contributed by atoms with Crippen LogP contribution in [0.15, 0.2) is 48.5 Å². The second-order valence-electron chi connectivity index (χ2n) is 7.21. The van der Waals surface area contributed by atoms with Gasteiger partial charge in [-0.3, -0.25) is 9.59 Å². The Balaban J connectivity index is 2.10. The van der Waals surface area contributed by atoms with E-state index in [2.05, 4.69) is 5.32 Å². The van der Waals surface area contributed by atoms with E-state index in [0.29, 0.717) is 17.9 Å². The van der Waals surface area contributed by atoms with Crippen molar-refractivity contribution in [3.63, 3.8) is 0 Å². The second-order valence-corrected chi connectivity index (χ2v) is 7.21. The lowest BCUT2D eigenvalue weighted by atomic mass is 10.1. The first kappa shape index (κ1) is 22.3. The van der Waals surface area contributed by atoms with Gasteiger partial charge in [-0.25, -0.2) is 8.78 Å². The van der Waals surface area contributed by atoms with Crippen LogP contribution in [0.4, 0.5) is 8.78 Å². The van der Waals surface area contributed by atoms with E-state index in [-0.39, 0.29) is 30.8 Å². The predicted octanol–water partition coefficient (Wildman–Crippen LogP) is 3.53. The molecular weight excluding hydrogens is 378 g/mol. The Labute approximate surface area is 169 Å². The molecule has 0 radical (unpaired) electrons. The van der Waals surface area contributed by atoms with Crippen molar-refractivity contribution >= 4 is 11.8 Å². The topological polar surface area (TPSA) is 58.6 Å². The number of amides is 2. The fourth-order valence-electron chi connectivity index (χ4n) is 2.58. The Hall–Kier alpha value is -2.96. The van der Waals surface area contributed by atoms with Gasteiger partial charge in [-0.15, -0.1) is 0 Å². The minimum atomic E-state index is -0.747. The molecule has 0 heterocycles. The summed E-state index contributed by atoms with van der Waals surface area (Å²) in [6.45, 7) is 5.89. The first-order valence-electron chi connectivity index (χ1n) is 9.46. The molecule has 0 saturated heterocycles. The molecule has 0 aromatic heterocycles. The van der Waals surface area contributed by atoms with Crippen molar-refractivity contribution in [1.29, 1.82) is 0 Å². The Morgan fingerprint density at radius 1 is 0.966 bits per heavy atom. The SMILES string of the molecule is CC(C)CNC(=O)[C@H](C)N(Cc1ccc(F)cc1)C(=O)COc1ccc(F)cc1. The van der Waals surface area contributed by atoms with Gasteiger partial charge in [-0.2, -0.15) is 0 Å². The van der Waals surface area contributed by atoms with Gasteiger partial charge in [-0.05, 0) is 54.8 Å². The zero-order valence-corrected chi connectivity index (χ0v) is 16.8. The number of carbonyl (C=O) groups is 2. The quantitative estimate of drug-likeness (QED) is 0.696. The van der Waals surface area contributed by atoms with Crippen molar-refractivity contribution in [2.75, 3.05) is 13.2 Å². The molecule has 2 rings (SSSR count). The van der Waals surface area contributed by atoms with Crippen LogP contribution < -0.4 is 10.1 Å². The zero-order valence-electron chi connectivity index (χ0n) is 16.8. The van der Waals surface area contributed by atoms with Gasteiger partial charge < -0.3 is 15.0 Å². The zero-order chi connectivity index (χ0) is 21.4. The lowest BCUT2D eigenvalue weighted by Gasteiger charge is -2.29. The van der Waals surface area contributed by atoms with Gasteiger partial charge in [0.15, 0.2) is 6.61 Å². The standard InChI is InChI=1S/C22H26F2N2O3/c1-15(2)12-25-22(28)16(3)26(13-17-4-6-18(23)7-5-17)21(27)14-29-20-10-8-19(24)9-11-20/h4-11,15-16H,12-14H2,1-3H3,(H,25,28)/t16-/m0/s1. The number of halogens is 2. The highest BCUT2D eigenvalue weighted by atomic mass is 19.1. The number of rotatable bonds is 9. The predicted molar refractivity (Wildman–Crippen MR) is 106 cm³/mol.